The maximum Gasteiger partial charge on any atom is 0.350 e. The largest absolute Gasteiger partial charge is 0.503 e. The van der Waals surface area contributed by atoms with E-state index in [0.717, 1.165) is 11.3 Å². The molecule has 1 aliphatic heterocycles. The van der Waals surface area contributed by atoms with Crippen LogP contribution in [0.15, 0.2) is 70.6 Å². The van der Waals surface area contributed by atoms with Crippen molar-refractivity contribution in [2.75, 3.05) is 12.0 Å². The molecule has 1 amide bonds. The molecule has 1 atom stereocenters. The zero-order chi connectivity index (χ0) is 22.8. The van der Waals surface area contributed by atoms with Crippen LogP contribution in [0.3, 0.4) is 0 Å². The molecule has 1 N–H and O–H groups in total. The van der Waals surface area contributed by atoms with Crippen LogP contribution in [0, 0.1) is 6.92 Å². The number of aliphatic hydroxyl groups is 1. The number of benzene rings is 1. The number of ether oxygens (including phenoxy) is 1. The highest BCUT2D eigenvalue weighted by Crippen LogP contribution is 2.43. The fourth-order valence-corrected chi connectivity index (χ4v) is 4.42. The average molecular weight is 450 g/mol. The number of ketones is 1. The minimum absolute atomic E-state index is 0.0866. The fourth-order valence-electron chi connectivity index (χ4n) is 3.41. The lowest BCUT2D eigenvalue weighted by atomic mass is 9.96. The molecule has 4 rings (SSSR count). The molecule has 1 aromatic carbocycles. The SMILES string of the molecule is COC(=O)c1sc(N2C(=O)C(O)=C(C(=O)/C=C/c3ccco3)[C@H]2c2ccccc2)nc1C. The summed E-state index contributed by atoms with van der Waals surface area (Å²) in [4.78, 5) is 44.0. The van der Waals surface area contributed by atoms with E-state index < -0.39 is 29.5 Å². The number of aromatic nitrogens is 1. The number of thiazole rings is 1. The molecule has 0 saturated heterocycles. The Hall–Kier alpha value is -3.98. The van der Waals surface area contributed by atoms with Gasteiger partial charge in [-0.1, -0.05) is 41.7 Å². The van der Waals surface area contributed by atoms with Gasteiger partial charge >= 0.3 is 5.97 Å². The van der Waals surface area contributed by atoms with Crippen LogP contribution in [-0.2, 0) is 14.3 Å². The topological polar surface area (TPSA) is 110 Å². The average Bonchev–Trinajstić information content (AvgIpc) is 3.51. The Kier molecular flexibility index (Phi) is 5.74. The molecule has 2 aromatic heterocycles. The number of nitrogens with zero attached hydrogens (tertiary/aromatic N) is 2. The smallest absolute Gasteiger partial charge is 0.350 e. The second-order valence-corrected chi connectivity index (χ2v) is 7.84. The second-order valence-electron chi connectivity index (χ2n) is 6.87. The number of hydrogen-bond donors (Lipinski definition) is 1. The first-order valence-corrected chi connectivity index (χ1v) is 10.4. The van der Waals surface area contributed by atoms with E-state index in [9.17, 15) is 19.5 Å². The van der Waals surface area contributed by atoms with Crippen LogP contribution >= 0.6 is 11.3 Å². The Morgan fingerprint density at radius 3 is 2.62 bits per heavy atom. The maximum atomic E-state index is 13.1. The van der Waals surface area contributed by atoms with Gasteiger partial charge in [0.1, 0.15) is 10.6 Å². The Labute approximate surface area is 187 Å². The molecular weight excluding hydrogens is 432 g/mol. The summed E-state index contributed by atoms with van der Waals surface area (Å²) in [5.41, 5.74) is 0.900. The molecule has 0 fully saturated rings. The van der Waals surface area contributed by atoms with Crippen LogP contribution < -0.4 is 4.90 Å². The van der Waals surface area contributed by atoms with Gasteiger partial charge in [0, 0.05) is 0 Å². The second kappa shape index (κ2) is 8.64. The number of anilines is 1. The van der Waals surface area contributed by atoms with Crippen molar-refractivity contribution in [1.82, 2.24) is 4.98 Å². The summed E-state index contributed by atoms with van der Waals surface area (Å²) in [6.45, 7) is 1.62. The van der Waals surface area contributed by atoms with Crippen molar-refractivity contribution in [3.8, 4) is 0 Å². The van der Waals surface area contributed by atoms with Gasteiger partial charge in [-0.3, -0.25) is 14.5 Å². The normalized spacial score (nSPS) is 16.2. The lowest BCUT2D eigenvalue weighted by molar-refractivity contribution is -0.117. The molecule has 1 aliphatic rings. The van der Waals surface area contributed by atoms with Gasteiger partial charge in [-0.2, -0.15) is 0 Å². The monoisotopic (exact) mass is 450 g/mol. The molecule has 0 aliphatic carbocycles. The quantitative estimate of drug-likeness (QED) is 0.446. The summed E-state index contributed by atoms with van der Waals surface area (Å²) < 4.78 is 9.97. The number of amides is 1. The number of furan rings is 1. The first-order chi connectivity index (χ1) is 15.4. The molecule has 0 saturated carbocycles. The third kappa shape index (κ3) is 3.74. The van der Waals surface area contributed by atoms with Crippen molar-refractivity contribution in [2.45, 2.75) is 13.0 Å². The summed E-state index contributed by atoms with van der Waals surface area (Å²) >= 11 is 0.956. The van der Waals surface area contributed by atoms with E-state index in [4.69, 9.17) is 9.15 Å². The molecule has 0 bridgehead atoms. The van der Waals surface area contributed by atoms with Gasteiger partial charge in [0.2, 0.25) is 0 Å². The van der Waals surface area contributed by atoms with E-state index in [2.05, 4.69) is 4.98 Å². The molecule has 9 heteroatoms. The zero-order valence-electron chi connectivity index (χ0n) is 17.1. The highest BCUT2D eigenvalue weighted by atomic mass is 32.1. The minimum atomic E-state index is -0.923. The van der Waals surface area contributed by atoms with Crippen molar-refractivity contribution >= 4 is 40.2 Å². The minimum Gasteiger partial charge on any atom is -0.503 e. The Morgan fingerprint density at radius 2 is 1.97 bits per heavy atom. The van der Waals surface area contributed by atoms with E-state index in [0.29, 0.717) is 17.0 Å². The standard InChI is InChI=1S/C23H18N2O6S/c1-13-20(22(29)30-2)32-23(24-13)25-18(14-7-4-3-5-8-14)17(19(27)21(25)28)16(26)11-10-15-9-6-12-31-15/h3-12,18,27H,1-2H3/b11-10+/t18-/m1/s1. The highest BCUT2D eigenvalue weighted by Gasteiger charge is 2.45. The molecule has 0 unspecified atom stereocenters. The molecule has 0 radical (unpaired) electrons. The molecular formula is C23H18N2O6S. The number of aryl methyl sites for hydroxylation is 1. The van der Waals surface area contributed by atoms with Gasteiger partial charge in [0.05, 0.1) is 30.7 Å². The van der Waals surface area contributed by atoms with E-state index in [-0.39, 0.29) is 15.6 Å². The van der Waals surface area contributed by atoms with Crippen molar-refractivity contribution < 1.29 is 28.6 Å². The summed E-state index contributed by atoms with van der Waals surface area (Å²) in [5.74, 6) is -2.12. The molecule has 8 nitrogen and oxygen atoms in total. The van der Waals surface area contributed by atoms with E-state index >= 15 is 0 Å². The fraction of sp³-hybridized carbons (Fsp3) is 0.130. The number of allylic oxidation sites excluding steroid dienone is 1. The Bertz CT molecular complexity index is 1240. The van der Waals surface area contributed by atoms with Crippen molar-refractivity contribution in [3.63, 3.8) is 0 Å². The number of aliphatic hydroxyl groups excluding tert-OH is 1. The van der Waals surface area contributed by atoms with Gasteiger partial charge in [0.25, 0.3) is 5.91 Å². The van der Waals surface area contributed by atoms with Crippen molar-refractivity contribution in [2.24, 2.45) is 0 Å². The number of esters is 1. The van der Waals surface area contributed by atoms with Crippen LogP contribution in [0.2, 0.25) is 0 Å². The van der Waals surface area contributed by atoms with Gasteiger partial charge in [-0.15, -0.1) is 0 Å². The third-order valence-electron chi connectivity index (χ3n) is 4.89. The lowest BCUT2D eigenvalue weighted by Gasteiger charge is -2.24. The molecule has 0 spiro atoms. The molecule has 32 heavy (non-hydrogen) atoms. The first kappa shape index (κ1) is 21.3. The lowest BCUT2D eigenvalue weighted by Crippen LogP contribution is -2.30. The Balaban J connectivity index is 1.79. The van der Waals surface area contributed by atoms with Crippen LogP contribution in [-0.4, -0.2) is 34.9 Å². The predicted octanol–water partition coefficient (Wildman–Crippen LogP) is 4.01. The van der Waals surface area contributed by atoms with E-state index in [1.54, 1.807) is 49.4 Å². The number of rotatable bonds is 6. The van der Waals surface area contributed by atoms with Crippen molar-refractivity contribution in [3.05, 3.63) is 88.0 Å². The van der Waals surface area contributed by atoms with Gasteiger partial charge in [-0.25, -0.2) is 9.78 Å². The molecule has 3 aromatic rings. The van der Waals surface area contributed by atoms with Crippen molar-refractivity contribution in [1.29, 1.82) is 0 Å². The van der Waals surface area contributed by atoms with Crippen LogP contribution in [0.5, 0.6) is 0 Å². The number of methoxy groups -OCH3 is 1. The number of carbonyl (C=O) groups excluding carboxylic acids is 3. The zero-order valence-corrected chi connectivity index (χ0v) is 18.0. The van der Waals surface area contributed by atoms with Gasteiger partial charge < -0.3 is 14.3 Å². The third-order valence-corrected chi connectivity index (χ3v) is 6.03. The van der Waals surface area contributed by atoms with Gasteiger partial charge in [-0.05, 0) is 36.8 Å². The summed E-state index contributed by atoms with van der Waals surface area (Å²) in [6, 6.07) is 11.2. The van der Waals surface area contributed by atoms with Crippen LogP contribution in [0.25, 0.3) is 6.08 Å². The number of carbonyl (C=O) groups is 3. The number of hydrogen-bond acceptors (Lipinski definition) is 8. The van der Waals surface area contributed by atoms with E-state index in [1.165, 1.54) is 30.4 Å². The highest BCUT2D eigenvalue weighted by molar-refractivity contribution is 7.17. The van der Waals surface area contributed by atoms with E-state index in [1.807, 2.05) is 0 Å². The molecule has 162 valence electrons. The summed E-state index contributed by atoms with van der Waals surface area (Å²) in [6.07, 6.45) is 4.17. The predicted molar refractivity (Wildman–Crippen MR) is 117 cm³/mol. The van der Waals surface area contributed by atoms with Crippen LogP contribution in [0.1, 0.15) is 32.7 Å². The van der Waals surface area contributed by atoms with Crippen LogP contribution in [0.4, 0.5) is 5.13 Å². The summed E-state index contributed by atoms with van der Waals surface area (Å²) in [5, 5.41) is 10.8. The summed E-state index contributed by atoms with van der Waals surface area (Å²) in [7, 11) is 1.25. The molecule has 3 heterocycles. The first-order valence-electron chi connectivity index (χ1n) is 9.55. The maximum absolute atomic E-state index is 13.1. The Morgan fingerprint density at radius 1 is 1.22 bits per heavy atom. The van der Waals surface area contributed by atoms with Gasteiger partial charge in [0.15, 0.2) is 16.7 Å².